The summed E-state index contributed by atoms with van der Waals surface area (Å²) in [6, 6.07) is 17.3. The predicted octanol–water partition coefficient (Wildman–Crippen LogP) is 1.62. The van der Waals surface area contributed by atoms with Crippen molar-refractivity contribution in [2.45, 2.75) is 6.92 Å². The number of aromatic nitrogens is 2. The fourth-order valence-corrected chi connectivity index (χ4v) is 2.81. The van der Waals surface area contributed by atoms with Gasteiger partial charge in [-0.1, -0.05) is 35.8 Å². The molecule has 0 radical (unpaired) electrons. The van der Waals surface area contributed by atoms with Crippen LogP contribution in [-0.4, -0.2) is 38.3 Å². The van der Waals surface area contributed by atoms with E-state index in [1.807, 2.05) is 81.3 Å². The lowest BCUT2D eigenvalue weighted by atomic mass is 9.94. The third-order valence-corrected chi connectivity index (χ3v) is 4.49. The molecule has 0 saturated heterocycles. The maximum absolute atomic E-state index is 13.1. The molecule has 0 fully saturated rings. The van der Waals surface area contributed by atoms with Gasteiger partial charge in [0.2, 0.25) is 0 Å². The van der Waals surface area contributed by atoms with Crippen LogP contribution in [0.15, 0.2) is 59.4 Å². The highest BCUT2D eigenvalue weighted by molar-refractivity contribution is 6.34. The number of methoxy groups -OCH3 is 1. The number of ether oxygens (including phenoxy) is 1. The van der Waals surface area contributed by atoms with Gasteiger partial charge in [-0.2, -0.15) is 9.78 Å². The second-order valence-electron chi connectivity index (χ2n) is 6.16. The monoisotopic (exact) mass is 347 g/mol. The molecule has 26 heavy (non-hydrogen) atoms. The number of nitrogens with zero attached hydrogens (tertiary/aromatic N) is 3. The molecule has 0 amide bonds. The van der Waals surface area contributed by atoms with Crippen LogP contribution >= 0.6 is 0 Å². The molecule has 5 nitrogen and oxygen atoms in total. The number of hydrogen-bond donors (Lipinski definition) is 0. The molecule has 0 aliphatic carbocycles. The van der Waals surface area contributed by atoms with Gasteiger partial charge in [0.25, 0.3) is 5.56 Å². The summed E-state index contributed by atoms with van der Waals surface area (Å²) in [5.41, 5.74) is 3.89. The van der Waals surface area contributed by atoms with E-state index in [2.05, 4.69) is 5.10 Å². The van der Waals surface area contributed by atoms with Gasteiger partial charge in [0, 0.05) is 19.2 Å². The van der Waals surface area contributed by atoms with Gasteiger partial charge in [0.1, 0.15) is 19.3 Å². The van der Waals surface area contributed by atoms with Gasteiger partial charge in [0.15, 0.2) is 0 Å². The molecule has 3 aromatic rings. The van der Waals surface area contributed by atoms with E-state index in [4.69, 9.17) is 4.74 Å². The summed E-state index contributed by atoms with van der Waals surface area (Å²) in [4.78, 5) is 15.0. The van der Waals surface area contributed by atoms with Crippen LogP contribution in [0.25, 0.3) is 16.9 Å². The quantitative estimate of drug-likeness (QED) is 0.658. The molecule has 0 bridgehead atoms. The Balaban J connectivity index is 2.27. The molecule has 0 spiro atoms. The highest BCUT2D eigenvalue weighted by Crippen LogP contribution is 2.24. The Bertz CT molecular complexity index is 985. The minimum Gasteiger partial charge on any atom is -0.497 e. The zero-order valence-corrected chi connectivity index (χ0v) is 15.6. The molecule has 0 unspecified atom stereocenters. The predicted molar refractivity (Wildman–Crippen MR) is 109 cm³/mol. The molecular formula is C20H22BN3O2. The molecule has 132 valence electrons. The van der Waals surface area contributed by atoms with E-state index in [0.29, 0.717) is 5.69 Å². The van der Waals surface area contributed by atoms with Crippen LogP contribution in [0.2, 0.25) is 0 Å². The Hall–Kier alpha value is -3.02. The average Bonchev–Trinajstić information content (AvgIpc) is 2.68. The smallest absolute Gasteiger partial charge is 0.295 e. The minimum atomic E-state index is -0.129. The Kier molecular flexibility index (Phi) is 5.12. The van der Waals surface area contributed by atoms with Crippen LogP contribution < -0.4 is 20.7 Å². The maximum atomic E-state index is 13.1. The lowest BCUT2D eigenvalue weighted by Gasteiger charge is -2.19. The van der Waals surface area contributed by atoms with Gasteiger partial charge < -0.3 is 9.64 Å². The van der Waals surface area contributed by atoms with Crippen molar-refractivity contribution < 1.29 is 4.74 Å². The number of para-hydroxylation sites is 1. The van der Waals surface area contributed by atoms with Gasteiger partial charge >= 0.3 is 0 Å². The van der Waals surface area contributed by atoms with Crippen molar-refractivity contribution in [2.24, 2.45) is 0 Å². The van der Waals surface area contributed by atoms with Crippen molar-refractivity contribution in [3.8, 4) is 22.7 Å². The Morgan fingerprint density at radius 1 is 1.15 bits per heavy atom. The number of benzene rings is 2. The van der Waals surface area contributed by atoms with E-state index in [1.165, 1.54) is 4.68 Å². The highest BCUT2D eigenvalue weighted by Gasteiger charge is 2.15. The van der Waals surface area contributed by atoms with E-state index < -0.39 is 0 Å². The molecule has 0 aliphatic rings. The zero-order chi connectivity index (χ0) is 18.7. The topological polar surface area (TPSA) is 47.4 Å². The van der Waals surface area contributed by atoms with E-state index >= 15 is 0 Å². The molecule has 0 atom stereocenters. The van der Waals surface area contributed by atoms with Crippen molar-refractivity contribution in [1.82, 2.24) is 9.78 Å². The van der Waals surface area contributed by atoms with Crippen LogP contribution in [0.1, 0.15) is 6.92 Å². The average molecular weight is 347 g/mol. The Morgan fingerprint density at radius 3 is 2.62 bits per heavy atom. The third-order valence-electron chi connectivity index (χ3n) is 4.49. The molecule has 1 aromatic heterocycles. The van der Waals surface area contributed by atoms with Gasteiger partial charge in [0.05, 0.1) is 18.5 Å². The summed E-state index contributed by atoms with van der Waals surface area (Å²) >= 11 is 0. The Morgan fingerprint density at radius 2 is 1.92 bits per heavy atom. The maximum Gasteiger partial charge on any atom is 0.295 e. The van der Waals surface area contributed by atoms with Crippen LogP contribution in [-0.2, 0) is 0 Å². The molecule has 0 saturated carbocycles. The van der Waals surface area contributed by atoms with Gasteiger partial charge in [-0.15, -0.1) is 0 Å². The van der Waals surface area contributed by atoms with E-state index in [-0.39, 0.29) is 5.56 Å². The van der Waals surface area contributed by atoms with Crippen LogP contribution in [0.4, 0.5) is 5.69 Å². The minimum absolute atomic E-state index is 0.129. The third kappa shape index (κ3) is 3.35. The zero-order valence-electron chi connectivity index (χ0n) is 15.6. The summed E-state index contributed by atoms with van der Waals surface area (Å²) in [5.74, 6) is 0.753. The fraction of sp³-hybridized carbons (Fsp3) is 0.200. The number of hydrogen-bond acceptors (Lipinski definition) is 4. The van der Waals surface area contributed by atoms with Crippen molar-refractivity contribution in [3.63, 3.8) is 0 Å². The van der Waals surface area contributed by atoms with E-state index in [1.54, 1.807) is 7.11 Å². The van der Waals surface area contributed by atoms with Gasteiger partial charge in [-0.05, 0) is 31.2 Å². The molecule has 2 aromatic carbocycles. The van der Waals surface area contributed by atoms with Crippen LogP contribution in [0.3, 0.4) is 0 Å². The first-order valence-electron chi connectivity index (χ1n) is 8.61. The molecule has 0 aliphatic heterocycles. The number of rotatable bonds is 5. The van der Waals surface area contributed by atoms with E-state index in [0.717, 1.165) is 34.7 Å². The largest absolute Gasteiger partial charge is 0.497 e. The van der Waals surface area contributed by atoms with Crippen molar-refractivity contribution in [3.05, 3.63) is 65.0 Å². The summed E-state index contributed by atoms with van der Waals surface area (Å²) in [5, 5.41) is 4.65. The summed E-state index contributed by atoms with van der Waals surface area (Å²) in [6.07, 6.45) is 0. The molecule has 3 rings (SSSR count). The lowest BCUT2D eigenvalue weighted by molar-refractivity contribution is 0.415. The van der Waals surface area contributed by atoms with Crippen LogP contribution in [0, 0.1) is 0 Å². The van der Waals surface area contributed by atoms with Crippen LogP contribution in [0.5, 0.6) is 5.75 Å². The first kappa shape index (κ1) is 17.8. The molecular weight excluding hydrogens is 325 g/mol. The van der Waals surface area contributed by atoms with Gasteiger partial charge in [-0.3, -0.25) is 4.79 Å². The normalized spacial score (nSPS) is 10.6. The molecule has 1 heterocycles. The standard InChI is InChI=1S/C20H22BN3O2/c1-4-23(2)19-13-17(14-8-7-9-15(12-14)26-3)22-24(20(19)25)18-11-6-5-10-16(18)21/h5-13H,4,21H2,1-3H3. The van der Waals surface area contributed by atoms with Crippen molar-refractivity contribution in [2.75, 3.05) is 25.6 Å². The fourth-order valence-electron chi connectivity index (χ4n) is 2.81. The second kappa shape index (κ2) is 7.48. The second-order valence-corrected chi connectivity index (χ2v) is 6.16. The first-order valence-corrected chi connectivity index (χ1v) is 8.61. The first-order chi connectivity index (χ1) is 12.5. The SMILES string of the molecule is Bc1ccccc1-n1nc(-c2cccc(OC)c2)cc(N(C)CC)c1=O. The summed E-state index contributed by atoms with van der Waals surface area (Å²) in [7, 11) is 5.52. The van der Waals surface area contributed by atoms with Crippen molar-refractivity contribution in [1.29, 1.82) is 0 Å². The van der Waals surface area contributed by atoms with Crippen molar-refractivity contribution >= 4 is 19.0 Å². The highest BCUT2D eigenvalue weighted by atomic mass is 16.5. The summed E-state index contributed by atoms with van der Waals surface area (Å²) < 4.78 is 6.82. The number of anilines is 1. The van der Waals surface area contributed by atoms with E-state index in [9.17, 15) is 4.79 Å². The summed E-state index contributed by atoms with van der Waals surface area (Å²) in [6.45, 7) is 2.74. The lowest BCUT2D eigenvalue weighted by Crippen LogP contribution is -2.32. The van der Waals surface area contributed by atoms with Gasteiger partial charge in [-0.25, -0.2) is 0 Å². The molecule has 0 N–H and O–H groups in total. The Labute approximate surface area is 154 Å². The molecule has 6 heteroatoms.